The van der Waals surface area contributed by atoms with Crippen molar-refractivity contribution in [3.05, 3.63) is 11.6 Å². The summed E-state index contributed by atoms with van der Waals surface area (Å²) >= 11 is 0. The van der Waals surface area contributed by atoms with Crippen LogP contribution in [0.4, 0.5) is 0 Å². The van der Waals surface area contributed by atoms with Crippen molar-refractivity contribution in [1.82, 2.24) is 14.8 Å². The second-order valence-electron chi connectivity index (χ2n) is 5.37. The summed E-state index contributed by atoms with van der Waals surface area (Å²) in [4.78, 5) is 0. The first kappa shape index (κ1) is 11.2. The minimum atomic E-state index is -0.221. The Hall–Kier alpha value is -0.940. The summed E-state index contributed by atoms with van der Waals surface area (Å²) in [6, 6.07) is 0. The SMILES string of the molecule is CC1(c2nnc3n2CCC(CN)C3)CCCO1. The molecule has 5 nitrogen and oxygen atoms in total. The van der Waals surface area contributed by atoms with Crippen LogP contribution in [0.2, 0.25) is 0 Å². The van der Waals surface area contributed by atoms with Gasteiger partial charge in [-0.15, -0.1) is 10.2 Å². The van der Waals surface area contributed by atoms with Crippen molar-refractivity contribution in [2.24, 2.45) is 11.7 Å². The highest BCUT2D eigenvalue weighted by atomic mass is 16.5. The smallest absolute Gasteiger partial charge is 0.165 e. The maximum Gasteiger partial charge on any atom is 0.165 e. The Bertz CT molecular complexity index is 409. The van der Waals surface area contributed by atoms with Crippen LogP contribution in [-0.4, -0.2) is 27.9 Å². The molecule has 0 amide bonds. The van der Waals surface area contributed by atoms with Gasteiger partial charge in [0.15, 0.2) is 5.82 Å². The van der Waals surface area contributed by atoms with E-state index in [0.717, 1.165) is 57.0 Å². The van der Waals surface area contributed by atoms with Gasteiger partial charge in [-0.05, 0) is 38.6 Å². The molecule has 0 aromatic carbocycles. The first-order chi connectivity index (χ1) is 8.23. The lowest BCUT2D eigenvalue weighted by molar-refractivity contribution is 0.00550. The van der Waals surface area contributed by atoms with E-state index in [4.69, 9.17) is 10.5 Å². The molecule has 1 fully saturated rings. The predicted molar refractivity (Wildman–Crippen MR) is 63.4 cm³/mol. The van der Waals surface area contributed by atoms with Crippen LogP contribution in [0.15, 0.2) is 0 Å². The summed E-state index contributed by atoms with van der Waals surface area (Å²) in [6.45, 7) is 4.70. The van der Waals surface area contributed by atoms with Gasteiger partial charge < -0.3 is 15.0 Å². The van der Waals surface area contributed by atoms with E-state index in [2.05, 4.69) is 21.7 Å². The fourth-order valence-corrected chi connectivity index (χ4v) is 2.94. The largest absolute Gasteiger partial charge is 0.367 e. The molecular weight excluding hydrogens is 216 g/mol. The number of nitrogens with two attached hydrogens (primary N) is 1. The number of fused-ring (bicyclic) bond motifs is 1. The molecule has 0 aliphatic carbocycles. The fraction of sp³-hybridized carbons (Fsp3) is 0.833. The van der Waals surface area contributed by atoms with Crippen molar-refractivity contribution < 1.29 is 4.74 Å². The third kappa shape index (κ3) is 1.77. The van der Waals surface area contributed by atoms with Gasteiger partial charge in [0.1, 0.15) is 11.4 Å². The molecule has 0 spiro atoms. The summed E-state index contributed by atoms with van der Waals surface area (Å²) in [5.41, 5.74) is 5.51. The van der Waals surface area contributed by atoms with Gasteiger partial charge in [-0.3, -0.25) is 0 Å². The quantitative estimate of drug-likeness (QED) is 0.825. The predicted octanol–water partition coefficient (Wildman–Crippen LogP) is 0.825. The van der Waals surface area contributed by atoms with E-state index in [0.29, 0.717) is 5.92 Å². The van der Waals surface area contributed by atoms with Crippen molar-refractivity contribution in [3.8, 4) is 0 Å². The first-order valence-electron chi connectivity index (χ1n) is 6.49. The van der Waals surface area contributed by atoms with Crippen molar-refractivity contribution in [2.45, 2.75) is 44.8 Å². The average molecular weight is 236 g/mol. The van der Waals surface area contributed by atoms with E-state index in [1.807, 2.05) is 0 Å². The van der Waals surface area contributed by atoms with Crippen molar-refractivity contribution >= 4 is 0 Å². The van der Waals surface area contributed by atoms with Gasteiger partial charge in [0.2, 0.25) is 0 Å². The van der Waals surface area contributed by atoms with E-state index in [1.165, 1.54) is 0 Å². The monoisotopic (exact) mass is 236 g/mol. The molecule has 2 unspecified atom stereocenters. The Morgan fingerprint density at radius 3 is 3.12 bits per heavy atom. The zero-order valence-electron chi connectivity index (χ0n) is 10.4. The fourth-order valence-electron chi connectivity index (χ4n) is 2.94. The van der Waals surface area contributed by atoms with Gasteiger partial charge in [-0.25, -0.2) is 0 Å². The second kappa shape index (κ2) is 4.07. The van der Waals surface area contributed by atoms with Crippen LogP contribution in [0.1, 0.15) is 37.8 Å². The molecule has 2 aliphatic heterocycles. The molecule has 1 aromatic rings. The molecule has 3 rings (SSSR count). The number of ether oxygens (including phenoxy) is 1. The van der Waals surface area contributed by atoms with E-state index < -0.39 is 0 Å². The first-order valence-corrected chi connectivity index (χ1v) is 6.49. The topological polar surface area (TPSA) is 66.0 Å². The van der Waals surface area contributed by atoms with Gasteiger partial charge in [-0.1, -0.05) is 0 Å². The zero-order valence-corrected chi connectivity index (χ0v) is 10.4. The van der Waals surface area contributed by atoms with Gasteiger partial charge in [-0.2, -0.15) is 0 Å². The molecule has 0 saturated carbocycles. The lowest BCUT2D eigenvalue weighted by atomic mass is 9.96. The number of rotatable bonds is 2. The van der Waals surface area contributed by atoms with Gasteiger partial charge in [0.05, 0.1) is 0 Å². The standard InChI is InChI=1S/C12H20N4O/c1-12(4-2-6-17-12)11-15-14-10-7-9(8-13)3-5-16(10)11/h9H,2-8,13H2,1H3. The molecule has 2 aliphatic rings. The van der Waals surface area contributed by atoms with Crippen LogP contribution < -0.4 is 5.73 Å². The number of hydrogen-bond donors (Lipinski definition) is 1. The Kier molecular flexibility index (Phi) is 2.67. The average Bonchev–Trinajstić information content (AvgIpc) is 2.95. The zero-order chi connectivity index (χ0) is 11.9. The molecule has 94 valence electrons. The molecule has 2 N–H and O–H groups in total. The molecule has 0 bridgehead atoms. The molecule has 5 heteroatoms. The molecule has 17 heavy (non-hydrogen) atoms. The maximum atomic E-state index is 5.86. The van der Waals surface area contributed by atoms with Gasteiger partial charge in [0, 0.05) is 19.6 Å². The van der Waals surface area contributed by atoms with Crippen LogP contribution in [0, 0.1) is 5.92 Å². The molecular formula is C12H20N4O. The third-order valence-electron chi connectivity index (χ3n) is 4.08. The molecule has 0 radical (unpaired) electrons. The van der Waals surface area contributed by atoms with Gasteiger partial charge in [0.25, 0.3) is 0 Å². The number of nitrogens with zero attached hydrogens (tertiary/aromatic N) is 3. The summed E-state index contributed by atoms with van der Waals surface area (Å²) in [6.07, 6.45) is 4.25. The Balaban J connectivity index is 1.91. The maximum absolute atomic E-state index is 5.86. The van der Waals surface area contributed by atoms with E-state index in [9.17, 15) is 0 Å². The van der Waals surface area contributed by atoms with Crippen LogP contribution in [0.5, 0.6) is 0 Å². The number of aromatic nitrogens is 3. The van der Waals surface area contributed by atoms with Crippen LogP contribution in [0.25, 0.3) is 0 Å². The van der Waals surface area contributed by atoms with E-state index in [-0.39, 0.29) is 5.60 Å². The van der Waals surface area contributed by atoms with Crippen molar-refractivity contribution in [2.75, 3.05) is 13.2 Å². The minimum absolute atomic E-state index is 0.221. The summed E-state index contributed by atoms with van der Waals surface area (Å²) in [5, 5.41) is 8.69. The minimum Gasteiger partial charge on any atom is -0.367 e. The molecule has 1 aromatic heterocycles. The van der Waals surface area contributed by atoms with E-state index in [1.54, 1.807) is 0 Å². The van der Waals surface area contributed by atoms with Crippen LogP contribution >= 0.6 is 0 Å². The van der Waals surface area contributed by atoms with Crippen LogP contribution in [-0.2, 0) is 23.3 Å². The van der Waals surface area contributed by atoms with Crippen molar-refractivity contribution in [1.29, 1.82) is 0 Å². The Labute approximate surface area is 101 Å². The lowest BCUT2D eigenvalue weighted by Gasteiger charge is -2.27. The Morgan fingerprint density at radius 1 is 1.53 bits per heavy atom. The highest BCUT2D eigenvalue weighted by Gasteiger charge is 2.38. The summed E-state index contributed by atoms with van der Waals surface area (Å²) in [7, 11) is 0. The molecule has 1 saturated heterocycles. The molecule has 3 heterocycles. The lowest BCUT2D eigenvalue weighted by Crippen LogP contribution is -2.30. The number of hydrogen-bond acceptors (Lipinski definition) is 4. The van der Waals surface area contributed by atoms with E-state index >= 15 is 0 Å². The highest BCUT2D eigenvalue weighted by molar-refractivity contribution is 5.09. The van der Waals surface area contributed by atoms with Crippen molar-refractivity contribution in [3.63, 3.8) is 0 Å². The van der Waals surface area contributed by atoms with Crippen LogP contribution in [0.3, 0.4) is 0 Å². The van der Waals surface area contributed by atoms with Gasteiger partial charge >= 0.3 is 0 Å². The molecule has 2 atom stereocenters. The Morgan fingerprint density at radius 2 is 2.41 bits per heavy atom. The normalized spacial score (nSPS) is 32.7. The third-order valence-corrected chi connectivity index (χ3v) is 4.08. The summed E-state index contributed by atoms with van der Waals surface area (Å²) < 4.78 is 8.10. The summed E-state index contributed by atoms with van der Waals surface area (Å²) in [5.74, 6) is 2.66. The second-order valence-corrected chi connectivity index (χ2v) is 5.37. The highest BCUT2D eigenvalue weighted by Crippen LogP contribution is 2.36.